The Morgan fingerprint density at radius 1 is 1.47 bits per heavy atom. The van der Waals surface area contributed by atoms with Gasteiger partial charge in [0.15, 0.2) is 0 Å². The molecule has 0 bridgehead atoms. The molecule has 1 rings (SSSR count). The van der Waals surface area contributed by atoms with Crippen molar-refractivity contribution in [1.82, 2.24) is 0 Å². The number of halogens is 1. The van der Waals surface area contributed by atoms with Crippen molar-refractivity contribution in [2.45, 2.75) is 6.92 Å². The van der Waals surface area contributed by atoms with Crippen molar-refractivity contribution in [3.63, 3.8) is 0 Å². The molecule has 0 aliphatic heterocycles. The van der Waals surface area contributed by atoms with E-state index in [1.165, 1.54) is 6.07 Å². The van der Waals surface area contributed by atoms with Gasteiger partial charge in [0, 0.05) is 0 Å². The number of benzene rings is 1. The average Bonchev–Trinajstić information content (AvgIpc) is 2.19. The number of carboxylic acids is 1. The summed E-state index contributed by atoms with van der Waals surface area (Å²) in [6, 6.07) is 3.16. The predicted octanol–water partition coefficient (Wildman–Crippen LogP) is 1.64. The molecule has 0 saturated heterocycles. The first kappa shape index (κ1) is 12.5. The Hall–Kier alpha value is -0.560. The van der Waals surface area contributed by atoms with Crippen LogP contribution in [0.2, 0.25) is 5.02 Å². The molecule has 80 valence electrons. The SMILES string of the molecule is COC(=[Te])c1cc(C)c(C(=O)O)cc1Cl. The first-order valence-corrected chi connectivity index (χ1v) is 5.63. The number of aryl methyl sites for hydroxylation is 1. The van der Waals surface area contributed by atoms with E-state index in [0.29, 0.717) is 14.3 Å². The summed E-state index contributed by atoms with van der Waals surface area (Å²) in [5.41, 5.74) is 1.61. The van der Waals surface area contributed by atoms with Crippen LogP contribution in [0.3, 0.4) is 0 Å². The van der Waals surface area contributed by atoms with Crippen molar-refractivity contribution in [3.05, 3.63) is 33.8 Å². The quantitative estimate of drug-likeness (QED) is 0.851. The standard InChI is InChI=1S/C10H9ClO3Te/c1-5-3-7(10(15)14-2)8(11)4-6(5)9(12)13/h3-4H,1-2H3,(H,12,13). The molecule has 3 nitrogen and oxygen atoms in total. The van der Waals surface area contributed by atoms with Gasteiger partial charge in [0.25, 0.3) is 0 Å². The molecule has 0 fully saturated rings. The summed E-state index contributed by atoms with van der Waals surface area (Å²) in [4.78, 5) is 10.8. The summed E-state index contributed by atoms with van der Waals surface area (Å²) < 4.78 is 5.74. The molecule has 0 radical (unpaired) electrons. The van der Waals surface area contributed by atoms with E-state index in [-0.39, 0.29) is 5.56 Å². The van der Waals surface area contributed by atoms with E-state index < -0.39 is 5.97 Å². The number of carbonyl (C=O) groups is 1. The van der Waals surface area contributed by atoms with Gasteiger partial charge in [-0.15, -0.1) is 0 Å². The van der Waals surface area contributed by atoms with Crippen LogP contribution < -0.4 is 0 Å². The van der Waals surface area contributed by atoms with E-state index in [1.807, 2.05) is 0 Å². The molecular formula is C10H9ClO3Te. The van der Waals surface area contributed by atoms with Crippen LogP contribution in [0, 0.1) is 6.92 Å². The maximum atomic E-state index is 10.8. The Morgan fingerprint density at radius 3 is 2.53 bits per heavy atom. The van der Waals surface area contributed by atoms with Gasteiger partial charge < -0.3 is 0 Å². The van der Waals surface area contributed by atoms with Gasteiger partial charge in [-0.3, -0.25) is 0 Å². The van der Waals surface area contributed by atoms with E-state index >= 15 is 0 Å². The van der Waals surface area contributed by atoms with Gasteiger partial charge in [0.05, 0.1) is 0 Å². The van der Waals surface area contributed by atoms with Gasteiger partial charge in [-0.1, -0.05) is 0 Å². The first-order chi connectivity index (χ1) is 6.97. The van der Waals surface area contributed by atoms with Gasteiger partial charge >= 0.3 is 106 Å². The third-order valence-electron chi connectivity index (χ3n) is 1.95. The second-order valence-electron chi connectivity index (χ2n) is 2.94. The maximum absolute atomic E-state index is 10.8. The van der Waals surface area contributed by atoms with E-state index in [1.54, 1.807) is 41.9 Å². The summed E-state index contributed by atoms with van der Waals surface area (Å²) in [6.07, 6.45) is 0. The van der Waals surface area contributed by atoms with Crippen molar-refractivity contribution in [2.75, 3.05) is 7.11 Å². The van der Waals surface area contributed by atoms with Crippen LogP contribution in [0.15, 0.2) is 12.1 Å². The molecule has 0 saturated carbocycles. The molecule has 0 atom stereocenters. The van der Waals surface area contributed by atoms with Crippen molar-refractivity contribution >= 4 is 43.1 Å². The molecule has 0 amide bonds. The Labute approximate surface area is 105 Å². The normalized spacial score (nSPS) is 9.80. The third kappa shape index (κ3) is 2.72. The average molecular weight is 340 g/mol. The summed E-state index contributed by atoms with van der Waals surface area (Å²) in [7, 11) is 1.55. The first-order valence-electron chi connectivity index (χ1n) is 4.09. The Bertz CT molecular complexity index is 429. The van der Waals surface area contributed by atoms with E-state index in [0.717, 1.165) is 5.56 Å². The predicted molar refractivity (Wildman–Crippen MR) is 60.0 cm³/mol. The molecule has 0 spiro atoms. The van der Waals surface area contributed by atoms with Gasteiger partial charge in [0.1, 0.15) is 0 Å². The fourth-order valence-electron chi connectivity index (χ4n) is 1.18. The number of aromatic carboxylic acids is 1. The number of rotatable bonds is 3. The Kier molecular flexibility index (Phi) is 4.15. The van der Waals surface area contributed by atoms with Gasteiger partial charge in [-0.05, 0) is 0 Å². The zero-order valence-electron chi connectivity index (χ0n) is 8.20. The Morgan fingerprint density at radius 2 is 2.07 bits per heavy atom. The van der Waals surface area contributed by atoms with Gasteiger partial charge in [-0.25, -0.2) is 0 Å². The molecule has 1 N–H and O–H groups in total. The van der Waals surface area contributed by atoms with Crippen LogP contribution in [-0.2, 0) is 4.74 Å². The summed E-state index contributed by atoms with van der Waals surface area (Å²) in [5, 5.41) is 9.27. The van der Waals surface area contributed by atoms with E-state index in [9.17, 15) is 4.79 Å². The molecule has 1 aromatic rings. The van der Waals surface area contributed by atoms with Crippen LogP contribution >= 0.6 is 11.6 Å². The minimum atomic E-state index is -0.975. The van der Waals surface area contributed by atoms with Crippen LogP contribution in [0.4, 0.5) is 0 Å². The molecule has 0 aromatic heterocycles. The molecular weight excluding hydrogens is 331 g/mol. The fraction of sp³-hybridized carbons (Fsp3) is 0.200. The van der Waals surface area contributed by atoms with Crippen LogP contribution in [-0.4, -0.2) is 43.7 Å². The number of carboxylic acid groups (broad SMARTS) is 1. The van der Waals surface area contributed by atoms with Crippen molar-refractivity contribution < 1.29 is 14.6 Å². The molecule has 15 heavy (non-hydrogen) atoms. The van der Waals surface area contributed by atoms with Gasteiger partial charge in [-0.2, -0.15) is 0 Å². The second kappa shape index (κ2) is 4.98. The van der Waals surface area contributed by atoms with Crippen LogP contribution in [0.5, 0.6) is 0 Å². The monoisotopic (exact) mass is 342 g/mol. The number of ether oxygens (including phenoxy) is 1. The molecule has 5 heteroatoms. The molecule has 1 aromatic carbocycles. The van der Waals surface area contributed by atoms with Crippen LogP contribution in [0.1, 0.15) is 21.5 Å². The van der Waals surface area contributed by atoms with Crippen LogP contribution in [0.25, 0.3) is 0 Å². The fourth-order valence-corrected chi connectivity index (χ4v) is 2.09. The van der Waals surface area contributed by atoms with Gasteiger partial charge in [0.2, 0.25) is 0 Å². The number of methoxy groups -OCH3 is 1. The number of hydrogen-bond acceptors (Lipinski definition) is 2. The molecule has 0 aliphatic carbocycles. The molecule has 0 unspecified atom stereocenters. The van der Waals surface area contributed by atoms with Crippen molar-refractivity contribution in [2.24, 2.45) is 0 Å². The van der Waals surface area contributed by atoms with E-state index in [2.05, 4.69) is 0 Å². The van der Waals surface area contributed by atoms with Crippen molar-refractivity contribution in [1.29, 1.82) is 0 Å². The second-order valence-corrected chi connectivity index (χ2v) is 4.41. The van der Waals surface area contributed by atoms with E-state index in [4.69, 9.17) is 21.4 Å². The summed E-state index contributed by atoms with van der Waals surface area (Å²) in [5.74, 6) is -0.975. The summed E-state index contributed by atoms with van der Waals surface area (Å²) >= 11 is 7.66. The zero-order chi connectivity index (χ0) is 11.6. The molecule has 0 heterocycles. The minimum absolute atomic E-state index is 0.217. The molecule has 0 aliphatic rings. The summed E-state index contributed by atoms with van der Waals surface area (Å²) in [6.45, 7) is 1.73. The Balaban J connectivity index is 3.31. The number of hydrogen-bond donors (Lipinski definition) is 1. The topological polar surface area (TPSA) is 46.5 Å². The van der Waals surface area contributed by atoms with Crippen molar-refractivity contribution in [3.8, 4) is 0 Å². The zero-order valence-corrected chi connectivity index (χ0v) is 11.3. The third-order valence-corrected chi connectivity index (χ3v) is 3.37.